The normalized spacial score (nSPS) is 15.7. The summed E-state index contributed by atoms with van der Waals surface area (Å²) in [5.74, 6) is -0.916. The summed E-state index contributed by atoms with van der Waals surface area (Å²) in [4.78, 5) is 31.6. The second kappa shape index (κ2) is 10.7. The highest BCUT2D eigenvalue weighted by Gasteiger charge is 2.35. The lowest BCUT2D eigenvalue weighted by molar-refractivity contribution is -0.139. The Hall–Kier alpha value is -3.36. The van der Waals surface area contributed by atoms with Crippen molar-refractivity contribution in [1.82, 2.24) is 0 Å². The first-order valence-electron chi connectivity index (χ1n) is 11.2. The third-order valence-electron chi connectivity index (χ3n) is 5.88. The molecule has 1 saturated heterocycles. The average Bonchev–Trinajstić information content (AvgIpc) is 3.12. The zero-order chi connectivity index (χ0) is 26.0. The van der Waals surface area contributed by atoms with Crippen LogP contribution in [0.4, 0.5) is 11.4 Å². The number of hydrogen-bond donors (Lipinski definition) is 1. The quantitative estimate of drug-likeness (QED) is 0.327. The van der Waals surface area contributed by atoms with Gasteiger partial charge >= 0.3 is 5.97 Å². The van der Waals surface area contributed by atoms with Crippen LogP contribution in [0, 0.1) is 27.7 Å². The van der Waals surface area contributed by atoms with Crippen molar-refractivity contribution < 1.29 is 19.4 Å². The Morgan fingerprint density at radius 3 is 2.36 bits per heavy atom. The number of benzene rings is 3. The number of carbonyl (C=O) groups is 2. The predicted octanol–water partition coefficient (Wildman–Crippen LogP) is 6.95. The monoisotopic (exact) mass is 564 g/mol. The lowest BCUT2D eigenvalue weighted by Gasteiger charge is -2.17. The molecule has 1 heterocycles. The smallest absolute Gasteiger partial charge is 0.341 e. The number of amidine groups is 1. The van der Waals surface area contributed by atoms with E-state index in [4.69, 9.17) is 14.8 Å². The highest BCUT2D eigenvalue weighted by atomic mass is 79.9. The average molecular weight is 565 g/mol. The molecule has 1 aliphatic rings. The first kappa shape index (κ1) is 25.7. The molecule has 0 saturated carbocycles. The number of amides is 1. The standard InChI is InChI=1S/C28H25BrN2O4S/c1-16-5-8-22(11-18(16)3)30-28-31(23-9-6-17(2)19(4)12-23)27(34)25(36-28)14-20-13-21(29)7-10-24(20)35-15-26(32)33/h5-14H,15H2,1-4H3,(H,32,33)/b25-14+,30-28?. The molecule has 0 aliphatic carbocycles. The summed E-state index contributed by atoms with van der Waals surface area (Å²) in [6, 6.07) is 17.1. The molecule has 1 amide bonds. The number of carbonyl (C=O) groups excluding carboxylic acids is 1. The van der Waals surface area contributed by atoms with E-state index in [1.165, 1.54) is 17.3 Å². The number of rotatable bonds is 6. The lowest BCUT2D eigenvalue weighted by Crippen LogP contribution is -2.28. The molecule has 0 bridgehead atoms. The second-order valence-electron chi connectivity index (χ2n) is 8.55. The van der Waals surface area contributed by atoms with Crippen LogP contribution in [0.2, 0.25) is 0 Å². The van der Waals surface area contributed by atoms with Crippen LogP contribution in [0.1, 0.15) is 27.8 Å². The van der Waals surface area contributed by atoms with Gasteiger partial charge in [-0.2, -0.15) is 0 Å². The van der Waals surface area contributed by atoms with Crippen molar-refractivity contribution in [3.05, 3.63) is 91.8 Å². The maximum Gasteiger partial charge on any atom is 0.341 e. The van der Waals surface area contributed by atoms with Crippen molar-refractivity contribution in [2.24, 2.45) is 4.99 Å². The Labute approximate surface area is 222 Å². The van der Waals surface area contributed by atoms with Crippen LogP contribution >= 0.6 is 27.7 Å². The topological polar surface area (TPSA) is 79.2 Å². The molecule has 0 atom stereocenters. The molecule has 6 nitrogen and oxygen atoms in total. The summed E-state index contributed by atoms with van der Waals surface area (Å²) in [6.45, 7) is 7.64. The van der Waals surface area contributed by atoms with E-state index in [1.807, 2.05) is 64.1 Å². The van der Waals surface area contributed by atoms with Crippen LogP contribution in [0.5, 0.6) is 5.75 Å². The number of halogens is 1. The number of aliphatic imine (C=N–C) groups is 1. The second-order valence-corrected chi connectivity index (χ2v) is 10.5. The Balaban J connectivity index is 1.80. The summed E-state index contributed by atoms with van der Waals surface area (Å²) in [5, 5.41) is 9.57. The van der Waals surface area contributed by atoms with Gasteiger partial charge < -0.3 is 9.84 Å². The van der Waals surface area contributed by atoms with Gasteiger partial charge in [-0.05, 0) is 110 Å². The maximum absolute atomic E-state index is 13.7. The molecule has 0 unspecified atom stereocenters. The molecule has 3 aromatic rings. The fraction of sp³-hybridized carbons (Fsp3) is 0.179. The molecular formula is C28H25BrN2O4S. The van der Waals surface area contributed by atoms with Gasteiger partial charge in [0.2, 0.25) is 0 Å². The van der Waals surface area contributed by atoms with Crippen molar-refractivity contribution >= 4 is 62.2 Å². The Kier molecular flexibility index (Phi) is 7.66. The number of carboxylic acids is 1. The van der Waals surface area contributed by atoms with Gasteiger partial charge in [0, 0.05) is 10.0 Å². The molecule has 1 N–H and O–H groups in total. The number of carboxylic acid groups (broad SMARTS) is 1. The summed E-state index contributed by atoms with van der Waals surface area (Å²) in [5.41, 5.74) is 6.59. The Bertz CT molecular complexity index is 1430. The highest BCUT2D eigenvalue weighted by Crippen LogP contribution is 2.39. The van der Waals surface area contributed by atoms with Crippen molar-refractivity contribution in [3.63, 3.8) is 0 Å². The number of ether oxygens (including phenoxy) is 1. The van der Waals surface area contributed by atoms with E-state index in [9.17, 15) is 9.59 Å². The van der Waals surface area contributed by atoms with E-state index in [-0.39, 0.29) is 5.91 Å². The number of nitrogens with zero attached hydrogens (tertiary/aromatic N) is 2. The number of aliphatic carboxylic acids is 1. The molecule has 1 aliphatic heterocycles. The first-order valence-corrected chi connectivity index (χ1v) is 12.8. The van der Waals surface area contributed by atoms with Crippen molar-refractivity contribution in [2.45, 2.75) is 27.7 Å². The molecule has 3 aromatic carbocycles. The van der Waals surface area contributed by atoms with Crippen molar-refractivity contribution in [2.75, 3.05) is 11.5 Å². The van der Waals surface area contributed by atoms with Crippen LogP contribution in [0.3, 0.4) is 0 Å². The van der Waals surface area contributed by atoms with E-state index >= 15 is 0 Å². The van der Waals surface area contributed by atoms with Gasteiger partial charge in [-0.1, -0.05) is 28.1 Å². The highest BCUT2D eigenvalue weighted by molar-refractivity contribution is 9.10. The minimum Gasteiger partial charge on any atom is -0.481 e. The first-order chi connectivity index (χ1) is 17.1. The summed E-state index contributed by atoms with van der Waals surface area (Å²) in [6.07, 6.45) is 1.71. The molecule has 0 radical (unpaired) electrons. The summed E-state index contributed by atoms with van der Waals surface area (Å²) in [7, 11) is 0. The summed E-state index contributed by atoms with van der Waals surface area (Å²) >= 11 is 4.72. The lowest BCUT2D eigenvalue weighted by atomic mass is 10.1. The van der Waals surface area contributed by atoms with Crippen LogP contribution in [0.15, 0.2) is 69.0 Å². The zero-order valence-corrected chi connectivity index (χ0v) is 22.7. The van der Waals surface area contributed by atoms with E-state index in [0.717, 1.165) is 32.5 Å². The molecule has 8 heteroatoms. The molecule has 0 spiro atoms. The largest absolute Gasteiger partial charge is 0.481 e. The number of anilines is 1. The van der Waals surface area contributed by atoms with E-state index < -0.39 is 12.6 Å². The fourth-order valence-electron chi connectivity index (χ4n) is 3.59. The fourth-order valence-corrected chi connectivity index (χ4v) is 4.96. The zero-order valence-electron chi connectivity index (χ0n) is 20.3. The van der Waals surface area contributed by atoms with E-state index in [0.29, 0.717) is 21.4 Å². The molecule has 4 rings (SSSR count). The number of thioether (sulfide) groups is 1. The minimum atomic E-state index is -1.08. The van der Waals surface area contributed by atoms with Gasteiger partial charge in [0.1, 0.15) is 5.75 Å². The minimum absolute atomic E-state index is 0.213. The van der Waals surface area contributed by atoms with Crippen LogP contribution in [-0.4, -0.2) is 28.8 Å². The van der Waals surface area contributed by atoms with Crippen LogP contribution in [0.25, 0.3) is 6.08 Å². The Morgan fingerprint density at radius 2 is 1.69 bits per heavy atom. The van der Waals surface area contributed by atoms with Gasteiger partial charge in [-0.15, -0.1) is 0 Å². The molecule has 184 valence electrons. The van der Waals surface area contributed by atoms with Gasteiger partial charge in [-0.25, -0.2) is 9.79 Å². The predicted molar refractivity (Wildman–Crippen MR) is 149 cm³/mol. The van der Waals surface area contributed by atoms with Crippen LogP contribution in [-0.2, 0) is 9.59 Å². The summed E-state index contributed by atoms with van der Waals surface area (Å²) < 4.78 is 6.24. The molecule has 1 fully saturated rings. The van der Waals surface area contributed by atoms with Gasteiger partial charge in [0.15, 0.2) is 11.8 Å². The van der Waals surface area contributed by atoms with Gasteiger partial charge in [0.05, 0.1) is 16.3 Å². The number of hydrogen-bond acceptors (Lipinski definition) is 5. The van der Waals surface area contributed by atoms with Crippen LogP contribution < -0.4 is 9.64 Å². The third-order valence-corrected chi connectivity index (χ3v) is 7.34. The molecule has 36 heavy (non-hydrogen) atoms. The maximum atomic E-state index is 13.7. The Morgan fingerprint density at radius 1 is 1.00 bits per heavy atom. The third kappa shape index (κ3) is 5.71. The van der Waals surface area contributed by atoms with Gasteiger partial charge in [0.25, 0.3) is 5.91 Å². The molecule has 0 aromatic heterocycles. The molecular weight excluding hydrogens is 540 g/mol. The van der Waals surface area contributed by atoms with E-state index in [1.54, 1.807) is 29.2 Å². The van der Waals surface area contributed by atoms with Crippen molar-refractivity contribution in [3.8, 4) is 5.75 Å². The SMILES string of the molecule is Cc1ccc(N=C2S/C(=C/c3cc(Br)ccc3OCC(=O)O)C(=O)N2c2ccc(C)c(C)c2)cc1C. The van der Waals surface area contributed by atoms with Gasteiger partial charge in [-0.3, -0.25) is 9.69 Å². The van der Waals surface area contributed by atoms with E-state index in [2.05, 4.69) is 15.9 Å². The van der Waals surface area contributed by atoms with Crippen molar-refractivity contribution in [1.29, 1.82) is 0 Å². The number of aryl methyl sites for hydroxylation is 4.